The molecule has 0 bridgehead atoms. The largest absolute Gasteiger partial charge is 0.454 e. The Hall–Kier alpha value is -2.80. The first-order chi connectivity index (χ1) is 11.8. The lowest BCUT2D eigenvalue weighted by Gasteiger charge is -2.27. The number of carbonyl (C=O) groups excluding carboxylic acids is 1. The Morgan fingerprint density at radius 3 is 2.83 bits per heavy atom. The Morgan fingerprint density at radius 2 is 1.96 bits per heavy atom. The van der Waals surface area contributed by atoms with Crippen LogP contribution in [0.15, 0.2) is 36.5 Å². The molecule has 24 heavy (non-hydrogen) atoms. The van der Waals surface area contributed by atoms with E-state index in [-0.39, 0.29) is 12.7 Å². The lowest BCUT2D eigenvalue weighted by Crippen LogP contribution is -2.40. The molecule has 1 aromatic heterocycles. The van der Waals surface area contributed by atoms with Gasteiger partial charge in [0.2, 0.25) is 6.79 Å². The number of ether oxygens (including phenoxy) is 3. The van der Waals surface area contributed by atoms with Crippen LogP contribution in [-0.4, -0.2) is 48.9 Å². The summed E-state index contributed by atoms with van der Waals surface area (Å²) in [6, 6.07) is 9.07. The third-order valence-electron chi connectivity index (χ3n) is 3.97. The van der Waals surface area contributed by atoms with Crippen LogP contribution < -0.4 is 14.8 Å². The highest BCUT2D eigenvalue weighted by Gasteiger charge is 2.22. The van der Waals surface area contributed by atoms with Gasteiger partial charge in [0.1, 0.15) is 5.82 Å². The summed E-state index contributed by atoms with van der Waals surface area (Å²) < 4.78 is 16.0. The van der Waals surface area contributed by atoms with Gasteiger partial charge in [-0.1, -0.05) is 0 Å². The molecule has 0 aliphatic carbocycles. The summed E-state index contributed by atoms with van der Waals surface area (Å²) in [6.45, 7) is 2.55. The van der Waals surface area contributed by atoms with Gasteiger partial charge in [-0.25, -0.2) is 4.98 Å². The van der Waals surface area contributed by atoms with E-state index >= 15 is 0 Å². The minimum absolute atomic E-state index is 0.0466. The number of benzene rings is 1. The first kappa shape index (κ1) is 14.8. The van der Waals surface area contributed by atoms with Gasteiger partial charge in [-0.15, -0.1) is 0 Å². The van der Waals surface area contributed by atoms with Crippen molar-refractivity contribution in [3.63, 3.8) is 0 Å². The maximum atomic E-state index is 12.7. The molecule has 1 fully saturated rings. The van der Waals surface area contributed by atoms with Gasteiger partial charge < -0.3 is 24.4 Å². The van der Waals surface area contributed by atoms with Crippen LogP contribution in [0.2, 0.25) is 0 Å². The molecule has 0 unspecified atom stereocenters. The van der Waals surface area contributed by atoms with Crippen LogP contribution in [0.1, 0.15) is 10.4 Å². The fourth-order valence-electron chi connectivity index (χ4n) is 2.73. The van der Waals surface area contributed by atoms with E-state index < -0.39 is 0 Å². The lowest BCUT2D eigenvalue weighted by atomic mass is 10.2. The highest BCUT2D eigenvalue weighted by molar-refractivity contribution is 5.99. The maximum Gasteiger partial charge on any atom is 0.257 e. The zero-order chi connectivity index (χ0) is 16.4. The van der Waals surface area contributed by atoms with Crippen LogP contribution in [-0.2, 0) is 4.74 Å². The van der Waals surface area contributed by atoms with Gasteiger partial charge in [-0.3, -0.25) is 4.79 Å². The van der Waals surface area contributed by atoms with Crippen molar-refractivity contribution in [3.8, 4) is 11.5 Å². The fraction of sp³-hybridized carbons (Fsp3) is 0.294. The summed E-state index contributed by atoms with van der Waals surface area (Å²) in [6.07, 6.45) is 1.66. The van der Waals surface area contributed by atoms with E-state index in [0.29, 0.717) is 49.2 Å². The standard InChI is InChI=1S/C17H17N3O4/c21-17(20-6-8-22-9-7-20)13-2-1-5-18-16(13)19-12-3-4-14-15(10-12)24-11-23-14/h1-5,10H,6-9,11H2,(H,18,19). The van der Waals surface area contributed by atoms with Crippen LogP contribution in [0.4, 0.5) is 11.5 Å². The predicted octanol–water partition coefficient (Wildman–Crippen LogP) is 2.03. The Bertz CT molecular complexity index is 759. The van der Waals surface area contributed by atoms with Crippen molar-refractivity contribution in [2.75, 3.05) is 38.4 Å². The van der Waals surface area contributed by atoms with E-state index in [1.54, 1.807) is 23.2 Å². The van der Waals surface area contributed by atoms with Crippen molar-refractivity contribution in [2.45, 2.75) is 0 Å². The van der Waals surface area contributed by atoms with Gasteiger partial charge in [0.05, 0.1) is 18.8 Å². The summed E-state index contributed by atoms with van der Waals surface area (Å²) in [4.78, 5) is 18.8. The smallest absolute Gasteiger partial charge is 0.257 e. The minimum Gasteiger partial charge on any atom is -0.454 e. The number of nitrogens with zero attached hydrogens (tertiary/aromatic N) is 2. The van der Waals surface area contributed by atoms with E-state index in [2.05, 4.69) is 10.3 Å². The number of pyridine rings is 1. The summed E-state index contributed by atoms with van der Waals surface area (Å²) >= 11 is 0. The maximum absolute atomic E-state index is 12.7. The molecule has 1 amide bonds. The van der Waals surface area contributed by atoms with Gasteiger partial charge in [-0.2, -0.15) is 0 Å². The molecule has 2 aromatic rings. The number of hydrogen-bond donors (Lipinski definition) is 1. The van der Waals surface area contributed by atoms with Gasteiger partial charge in [0.25, 0.3) is 5.91 Å². The number of rotatable bonds is 3. The first-order valence-corrected chi connectivity index (χ1v) is 7.80. The average molecular weight is 327 g/mol. The van der Waals surface area contributed by atoms with Crippen LogP contribution in [0, 0.1) is 0 Å². The molecule has 7 heteroatoms. The zero-order valence-corrected chi connectivity index (χ0v) is 13.0. The number of carbonyl (C=O) groups is 1. The van der Waals surface area contributed by atoms with Crippen molar-refractivity contribution < 1.29 is 19.0 Å². The molecule has 4 rings (SSSR count). The second kappa shape index (κ2) is 6.37. The van der Waals surface area contributed by atoms with E-state index in [9.17, 15) is 4.79 Å². The van der Waals surface area contributed by atoms with E-state index in [1.807, 2.05) is 18.2 Å². The average Bonchev–Trinajstić information content (AvgIpc) is 3.10. The normalized spacial score (nSPS) is 16.1. The SMILES string of the molecule is O=C(c1cccnc1Nc1ccc2c(c1)OCO2)N1CCOCC1. The Balaban J connectivity index is 1.58. The molecule has 0 spiro atoms. The number of nitrogens with one attached hydrogen (secondary N) is 1. The Labute approximate surface area is 139 Å². The molecule has 7 nitrogen and oxygen atoms in total. The Kier molecular flexibility index (Phi) is 3.92. The van der Waals surface area contributed by atoms with Crippen molar-refractivity contribution in [3.05, 3.63) is 42.1 Å². The number of morpholine rings is 1. The summed E-state index contributed by atoms with van der Waals surface area (Å²) in [7, 11) is 0. The van der Waals surface area contributed by atoms with Crippen molar-refractivity contribution in [2.24, 2.45) is 0 Å². The molecule has 3 heterocycles. The number of aromatic nitrogens is 1. The Morgan fingerprint density at radius 1 is 1.12 bits per heavy atom. The number of anilines is 2. The second-order valence-corrected chi connectivity index (χ2v) is 5.50. The summed E-state index contributed by atoms with van der Waals surface area (Å²) in [5, 5.41) is 3.20. The number of fused-ring (bicyclic) bond motifs is 1. The summed E-state index contributed by atoms with van der Waals surface area (Å²) in [5.74, 6) is 1.87. The molecule has 2 aliphatic rings. The monoisotopic (exact) mass is 327 g/mol. The highest BCUT2D eigenvalue weighted by atomic mass is 16.7. The third kappa shape index (κ3) is 2.85. The van der Waals surface area contributed by atoms with Crippen molar-refractivity contribution in [1.29, 1.82) is 0 Å². The molecular formula is C17H17N3O4. The van der Waals surface area contributed by atoms with E-state index in [1.165, 1.54) is 0 Å². The highest BCUT2D eigenvalue weighted by Crippen LogP contribution is 2.35. The molecule has 2 aliphatic heterocycles. The molecule has 0 saturated carbocycles. The second-order valence-electron chi connectivity index (χ2n) is 5.50. The molecule has 1 aromatic carbocycles. The van der Waals surface area contributed by atoms with Crippen LogP contribution >= 0.6 is 0 Å². The number of hydrogen-bond acceptors (Lipinski definition) is 6. The van der Waals surface area contributed by atoms with Gasteiger partial charge in [-0.05, 0) is 24.3 Å². The molecule has 1 saturated heterocycles. The predicted molar refractivity (Wildman–Crippen MR) is 86.8 cm³/mol. The van der Waals surface area contributed by atoms with Crippen molar-refractivity contribution >= 4 is 17.4 Å². The zero-order valence-electron chi connectivity index (χ0n) is 13.0. The van der Waals surface area contributed by atoms with E-state index in [0.717, 1.165) is 5.69 Å². The van der Waals surface area contributed by atoms with Crippen LogP contribution in [0.3, 0.4) is 0 Å². The van der Waals surface area contributed by atoms with Crippen LogP contribution in [0.5, 0.6) is 11.5 Å². The van der Waals surface area contributed by atoms with Crippen molar-refractivity contribution in [1.82, 2.24) is 9.88 Å². The number of amides is 1. The third-order valence-corrected chi connectivity index (χ3v) is 3.97. The molecular weight excluding hydrogens is 310 g/mol. The molecule has 0 atom stereocenters. The lowest BCUT2D eigenvalue weighted by molar-refractivity contribution is 0.0303. The minimum atomic E-state index is -0.0466. The van der Waals surface area contributed by atoms with Gasteiger partial charge in [0, 0.05) is 31.0 Å². The van der Waals surface area contributed by atoms with Crippen LogP contribution in [0.25, 0.3) is 0 Å². The first-order valence-electron chi connectivity index (χ1n) is 7.80. The fourth-order valence-corrected chi connectivity index (χ4v) is 2.73. The van der Waals surface area contributed by atoms with Gasteiger partial charge in [0.15, 0.2) is 11.5 Å². The topological polar surface area (TPSA) is 72.9 Å². The molecule has 1 N–H and O–H groups in total. The molecule has 124 valence electrons. The quantitative estimate of drug-likeness (QED) is 0.930. The molecule has 0 radical (unpaired) electrons. The van der Waals surface area contributed by atoms with Gasteiger partial charge >= 0.3 is 0 Å². The summed E-state index contributed by atoms with van der Waals surface area (Å²) in [5.41, 5.74) is 1.33. The van der Waals surface area contributed by atoms with E-state index in [4.69, 9.17) is 14.2 Å².